The molecule has 1 fully saturated rings. The van der Waals surface area contributed by atoms with E-state index in [0.717, 1.165) is 0 Å². The van der Waals surface area contributed by atoms with E-state index in [1.165, 1.54) is 0 Å². The summed E-state index contributed by atoms with van der Waals surface area (Å²) in [5.74, 6) is -7.04. The molecule has 0 aromatic carbocycles. The van der Waals surface area contributed by atoms with Crippen LogP contribution in [0.3, 0.4) is 0 Å². The van der Waals surface area contributed by atoms with Crippen LogP contribution in [0.4, 0.5) is 8.78 Å². The molecule has 106 valence electrons. The molecule has 1 aliphatic heterocycles. The number of rotatable bonds is 4. The maximum atomic E-state index is 14.0. The fraction of sp³-hybridized carbons (Fsp3) is 0.909. The highest BCUT2D eigenvalue weighted by Crippen LogP contribution is 2.48. The van der Waals surface area contributed by atoms with E-state index in [4.69, 9.17) is 5.11 Å². The van der Waals surface area contributed by atoms with Gasteiger partial charge in [-0.25, -0.2) is 17.2 Å². The van der Waals surface area contributed by atoms with Crippen LogP contribution in [0.5, 0.6) is 0 Å². The van der Waals surface area contributed by atoms with E-state index in [1.54, 1.807) is 0 Å². The zero-order valence-electron chi connectivity index (χ0n) is 10.4. The Morgan fingerprint density at radius 2 is 1.94 bits per heavy atom. The number of carboxylic acids is 1. The van der Waals surface area contributed by atoms with Crippen molar-refractivity contribution in [3.8, 4) is 0 Å². The number of carboxylic acid groups (broad SMARTS) is 1. The Bertz CT molecular complexity index is 430. The van der Waals surface area contributed by atoms with Gasteiger partial charge in [0.05, 0.1) is 5.75 Å². The fourth-order valence-corrected chi connectivity index (χ4v) is 3.84. The van der Waals surface area contributed by atoms with Crippen molar-refractivity contribution in [3.05, 3.63) is 0 Å². The third-order valence-electron chi connectivity index (χ3n) is 3.50. The highest BCUT2D eigenvalue weighted by atomic mass is 32.2. The Balaban J connectivity index is 3.08. The zero-order chi connectivity index (χ0) is 14.2. The van der Waals surface area contributed by atoms with Gasteiger partial charge in [0, 0.05) is 0 Å². The van der Waals surface area contributed by atoms with E-state index in [9.17, 15) is 22.0 Å². The largest absolute Gasteiger partial charge is 0.481 e. The molecule has 0 aromatic heterocycles. The molecule has 1 saturated heterocycles. The molecule has 0 spiro atoms. The van der Waals surface area contributed by atoms with E-state index in [0.29, 0.717) is 6.42 Å². The zero-order valence-corrected chi connectivity index (χ0v) is 11.3. The van der Waals surface area contributed by atoms with Gasteiger partial charge in [-0.15, -0.1) is 0 Å². The predicted molar refractivity (Wildman–Crippen MR) is 62.4 cm³/mol. The summed E-state index contributed by atoms with van der Waals surface area (Å²) in [6, 6.07) is 0. The van der Waals surface area contributed by atoms with Crippen LogP contribution in [0.2, 0.25) is 0 Å². The summed E-state index contributed by atoms with van der Waals surface area (Å²) in [5.41, 5.74) is -2.23. The van der Waals surface area contributed by atoms with Crippen LogP contribution in [-0.4, -0.2) is 36.9 Å². The second-order valence-electron chi connectivity index (χ2n) is 5.37. The monoisotopic (exact) mass is 284 g/mol. The molecule has 0 amide bonds. The molecule has 4 nitrogen and oxygen atoms in total. The quantitative estimate of drug-likeness (QED) is 0.856. The molecule has 0 saturated carbocycles. The standard InChI is InChI=1S/C11H18F2O4S/c1-8(2)3-4-10(9(14)15)5-6-18(16,17)7-11(10,12)13/h8H,3-7H2,1-2H3,(H,14,15). The van der Waals surface area contributed by atoms with Crippen molar-refractivity contribution < 1.29 is 27.1 Å². The first kappa shape index (κ1) is 15.3. The molecule has 1 atom stereocenters. The second-order valence-corrected chi connectivity index (χ2v) is 7.55. The van der Waals surface area contributed by atoms with Crippen molar-refractivity contribution in [1.82, 2.24) is 0 Å². The first-order valence-corrected chi connectivity index (χ1v) is 7.66. The van der Waals surface area contributed by atoms with Crippen LogP contribution >= 0.6 is 0 Å². The van der Waals surface area contributed by atoms with Crippen molar-refractivity contribution in [1.29, 1.82) is 0 Å². The Kier molecular flexibility index (Phi) is 4.05. The molecular weight excluding hydrogens is 266 g/mol. The van der Waals surface area contributed by atoms with Crippen LogP contribution < -0.4 is 0 Å². The van der Waals surface area contributed by atoms with Crippen molar-refractivity contribution >= 4 is 15.8 Å². The Labute approximate surface area is 105 Å². The van der Waals surface area contributed by atoms with E-state index in [2.05, 4.69) is 0 Å². The lowest BCUT2D eigenvalue weighted by Gasteiger charge is -2.40. The maximum Gasteiger partial charge on any atom is 0.315 e. The topological polar surface area (TPSA) is 71.4 Å². The fourth-order valence-electron chi connectivity index (χ4n) is 2.21. The minimum Gasteiger partial charge on any atom is -0.481 e. The first-order chi connectivity index (χ1) is 8.02. The van der Waals surface area contributed by atoms with Gasteiger partial charge in [0.1, 0.15) is 11.2 Å². The van der Waals surface area contributed by atoms with Gasteiger partial charge in [0.25, 0.3) is 5.92 Å². The van der Waals surface area contributed by atoms with E-state index in [1.807, 2.05) is 13.8 Å². The Morgan fingerprint density at radius 1 is 1.39 bits per heavy atom. The number of aliphatic carboxylic acids is 1. The van der Waals surface area contributed by atoms with Crippen molar-refractivity contribution in [2.45, 2.75) is 39.0 Å². The SMILES string of the molecule is CC(C)CCC1(C(=O)O)CCS(=O)(=O)CC1(F)F. The summed E-state index contributed by atoms with van der Waals surface area (Å²) in [6.45, 7) is 3.63. The molecule has 18 heavy (non-hydrogen) atoms. The molecular formula is C11H18F2O4S. The molecule has 1 rings (SSSR count). The molecule has 7 heteroatoms. The molecule has 0 aliphatic carbocycles. The van der Waals surface area contributed by atoms with Crippen molar-refractivity contribution in [2.24, 2.45) is 11.3 Å². The van der Waals surface area contributed by atoms with Crippen LogP contribution in [0, 0.1) is 11.3 Å². The molecule has 0 aromatic rings. The van der Waals surface area contributed by atoms with Gasteiger partial charge in [0.15, 0.2) is 9.84 Å². The van der Waals surface area contributed by atoms with Crippen molar-refractivity contribution in [3.63, 3.8) is 0 Å². The average Bonchev–Trinajstić information content (AvgIpc) is 2.13. The first-order valence-electron chi connectivity index (χ1n) is 5.84. The smallest absolute Gasteiger partial charge is 0.315 e. The Hall–Kier alpha value is -0.720. The molecule has 0 radical (unpaired) electrons. The van der Waals surface area contributed by atoms with Gasteiger partial charge in [-0.3, -0.25) is 4.79 Å². The number of sulfone groups is 1. The minimum absolute atomic E-state index is 0.0931. The summed E-state index contributed by atoms with van der Waals surface area (Å²) in [5, 5.41) is 9.13. The molecule has 1 aliphatic rings. The summed E-state index contributed by atoms with van der Waals surface area (Å²) >= 11 is 0. The summed E-state index contributed by atoms with van der Waals surface area (Å²) in [4.78, 5) is 11.2. The van der Waals surface area contributed by atoms with Crippen LogP contribution in [0.15, 0.2) is 0 Å². The van der Waals surface area contributed by atoms with Crippen LogP contribution in [0.25, 0.3) is 0 Å². The summed E-state index contributed by atoms with van der Waals surface area (Å²) < 4.78 is 50.4. The van der Waals surface area contributed by atoms with Crippen LogP contribution in [-0.2, 0) is 14.6 Å². The number of halogens is 2. The molecule has 0 bridgehead atoms. The van der Waals surface area contributed by atoms with Gasteiger partial charge in [-0.1, -0.05) is 13.8 Å². The predicted octanol–water partition coefficient (Wildman–Crippen LogP) is 1.95. The number of carbonyl (C=O) groups is 1. The average molecular weight is 284 g/mol. The normalized spacial score (nSPS) is 30.3. The lowest BCUT2D eigenvalue weighted by molar-refractivity contribution is -0.178. The van der Waals surface area contributed by atoms with E-state index >= 15 is 0 Å². The van der Waals surface area contributed by atoms with Gasteiger partial charge < -0.3 is 5.11 Å². The van der Waals surface area contributed by atoms with Gasteiger partial charge in [-0.05, 0) is 25.2 Å². The maximum absolute atomic E-state index is 14.0. The number of alkyl halides is 2. The van der Waals surface area contributed by atoms with Crippen molar-refractivity contribution in [2.75, 3.05) is 11.5 Å². The Morgan fingerprint density at radius 3 is 2.33 bits per heavy atom. The van der Waals surface area contributed by atoms with Gasteiger partial charge >= 0.3 is 5.97 Å². The number of hydrogen-bond acceptors (Lipinski definition) is 3. The van der Waals surface area contributed by atoms with E-state index in [-0.39, 0.29) is 12.3 Å². The van der Waals surface area contributed by atoms with E-state index < -0.39 is 45.1 Å². The van der Waals surface area contributed by atoms with Crippen LogP contribution in [0.1, 0.15) is 33.1 Å². The summed E-state index contributed by atoms with van der Waals surface area (Å²) in [7, 11) is -3.85. The minimum atomic E-state index is -3.85. The highest BCUT2D eigenvalue weighted by molar-refractivity contribution is 7.91. The van der Waals surface area contributed by atoms with Gasteiger partial charge in [0.2, 0.25) is 0 Å². The molecule has 1 heterocycles. The summed E-state index contributed by atoms with van der Waals surface area (Å²) in [6.07, 6.45) is -0.366. The lowest BCUT2D eigenvalue weighted by atomic mass is 9.74. The number of hydrogen-bond donors (Lipinski definition) is 1. The lowest BCUT2D eigenvalue weighted by Crippen LogP contribution is -2.56. The molecule has 1 N–H and O–H groups in total. The van der Waals surface area contributed by atoms with Gasteiger partial charge in [-0.2, -0.15) is 0 Å². The highest BCUT2D eigenvalue weighted by Gasteiger charge is 2.63. The second kappa shape index (κ2) is 4.75. The molecule has 1 unspecified atom stereocenters. The third kappa shape index (κ3) is 2.81. The third-order valence-corrected chi connectivity index (χ3v) is 5.13.